The fourth-order valence-corrected chi connectivity index (χ4v) is 3.56. The molecule has 1 aliphatic rings. The Bertz CT molecular complexity index is 752. The zero-order chi connectivity index (χ0) is 17.8. The molecular weight excluding hydrogens is 316 g/mol. The van der Waals surface area contributed by atoms with E-state index >= 15 is 0 Å². The van der Waals surface area contributed by atoms with Crippen LogP contribution in [0.3, 0.4) is 0 Å². The summed E-state index contributed by atoms with van der Waals surface area (Å²) in [5.74, 6) is -0.109. The van der Waals surface area contributed by atoms with Gasteiger partial charge in [0.15, 0.2) is 6.10 Å². The number of esters is 1. The summed E-state index contributed by atoms with van der Waals surface area (Å²) < 4.78 is 5.35. The van der Waals surface area contributed by atoms with E-state index < -0.39 is 6.10 Å². The van der Waals surface area contributed by atoms with Crippen molar-refractivity contribution in [2.45, 2.75) is 58.1 Å². The zero-order valence-corrected chi connectivity index (χ0v) is 14.9. The van der Waals surface area contributed by atoms with Crippen molar-refractivity contribution in [2.75, 3.05) is 0 Å². The quantitative estimate of drug-likeness (QED) is 0.819. The third kappa shape index (κ3) is 4.21. The Balaban J connectivity index is 1.54. The van der Waals surface area contributed by atoms with Gasteiger partial charge in [-0.15, -0.1) is 0 Å². The maximum absolute atomic E-state index is 12.3. The van der Waals surface area contributed by atoms with Crippen LogP contribution in [0.1, 0.15) is 45.1 Å². The Morgan fingerprint density at radius 1 is 1.28 bits per heavy atom. The number of aromatic nitrogens is 1. The lowest BCUT2D eigenvalue weighted by atomic mass is 9.86. The van der Waals surface area contributed by atoms with E-state index in [9.17, 15) is 9.59 Å². The van der Waals surface area contributed by atoms with Crippen LogP contribution in [-0.2, 0) is 20.7 Å². The average Bonchev–Trinajstić information content (AvgIpc) is 3.00. The molecule has 0 saturated heterocycles. The molecule has 1 amide bonds. The summed E-state index contributed by atoms with van der Waals surface area (Å²) in [6, 6.07) is 8.00. The van der Waals surface area contributed by atoms with E-state index in [4.69, 9.17) is 4.74 Å². The maximum atomic E-state index is 12.3. The normalized spacial score (nSPS) is 21.7. The summed E-state index contributed by atoms with van der Waals surface area (Å²) in [7, 11) is 0. The Morgan fingerprint density at radius 3 is 2.84 bits per heavy atom. The van der Waals surface area contributed by atoms with E-state index in [0.717, 1.165) is 35.7 Å². The molecule has 2 N–H and O–H groups in total. The predicted molar refractivity (Wildman–Crippen MR) is 97.1 cm³/mol. The molecule has 1 aromatic carbocycles. The first kappa shape index (κ1) is 17.5. The van der Waals surface area contributed by atoms with Crippen molar-refractivity contribution in [1.29, 1.82) is 0 Å². The molecule has 0 unspecified atom stereocenters. The molecule has 1 aromatic heterocycles. The third-order valence-corrected chi connectivity index (χ3v) is 5.13. The van der Waals surface area contributed by atoms with Gasteiger partial charge in [-0.3, -0.25) is 9.59 Å². The molecule has 0 radical (unpaired) electrons. The van der Waals surface area contributed by atoms with Crippen molar-refractivity contribution >= 4 is 22.8 Å². The zero-order valence-electron chi connectivity index (χ0n) is 14.9. The van der Waals surface area contributed by atoms with Gasteiger partial charge >= 0.3 is 5.97 Å². The number of H-pyrrole nitrogens is 1. The molecule has 25 heavy (non-hydrogen) atoms. The Labute approximate surface area is 148 Å². The summed E-state index contributed by atoms with van der Waals surface area (Å²) in [5, 5.41) is 4.05. The number of benzene rings is 1. The van der Waals surface area contributed by atoms with Crippen molar-refractivity contribution in [3.63, 3.8) is 0 Å². The minimum absolute atomic E-state index is 0.154. The van der Waals surface area contributed by atoms with Gasteiger partial charge in [0.2, 0.25) is 0 Å². The number of ether oxygens (including phenoxy) is 1. The summed E-state index contributed by atoms with van der Waals surface area (Å²) in [6.07, 6.45) is 5.71. The van der Waals surface area contributed by atoms with Crippen LogP contribution in [0.25, 0.3) is 10.9 Å². The summed E-state index contributed by atoms with van der Waals surface area (Å²) >= 11 is 0. The van der Waals surface area contributed by atoms with Gasteiger partial charge in [-0.1, -0.05) is 38.0 Å². The fraction of sp³-hybridized carbons (Fsp3) is 0.500. The first-order valence-electron chi connectivity index (χ1n) is 9.09. The number of nitrogens with one attached hydrogen (secondary N) is 2. The molecule has 1 heterocycles. The molecule has 2 aromatic rings. The highest BCUT2D eigenvalue weighted by Gasteiger charge is 2.26. The number of para-hydroxylation sites is 1. The Kier molecular flexibility index (Phi) is 5.41. The monoisotopic (exact) mass is 342 g/mol. The minimum Gasteiger partial charge on any atom is -0.452 e. The van der Waals surface area contributed by atoms with E-state index in [1.165, 1.54) is 6.42 Å². The molecule has 0 spiro atoms. The van der Waals surface area contributed by atoms with Crippen molar-refractivity contribution in [3.05, 3.63) is 36.0 Å². The van der Waals surface area contributed by atoms with Crippen molar-refractivity contribution in [2.24, 2.45) is 5.92 Å². The molecule has 5 heteroatoms. The lowest BCUT2D eigenvalue weighted by Gasteiger charge is -2.30. The highest BCUT2D eigenvalue weighted by molar-refractivity contribution is 5.88. The number of rotatable bonds is 5. The molecule has 3 rings (SSSR count). The van der Waals surface area contributed by atoms with Crippen LogP contribution in [0.15, 0.2) is 30.5 Å². The minimum atomic E-state index is -0.771. The molecule has 1 saturated carbocycles. The van der Waals surface area contributed by atoms with E-state index in [0.29, 0.717) is 5.92 Å². The Hall–Kier alpha value is -2.30. The van der Waals surface area contributed by atoms with Crippen LogP contribution in [0.5, 0.6) is 0 Å². The van der Waals surface area contributed by atoms with Gasteiger partial charge in [-0.05, 0) is 37.3 Å². The van der Waals surface area contributed by atoms with Crippen LogP contribution >= 0.6 is 0 Å². The lowest BCUT2D eigenvalue weighted by Crippen LogP contribution is -2.46. The van der Waals surface area contributed by atoms with Gasteiger partial charge in [-0.25, -0.2) is 0 Å². The van der Waals surface area contributed by atoms with E-state index in [1.54, 1.807) is 6.92 Å². The molecule has 134 valence electrons. The molecule has 0 aliphatic heterocycles. The summed E-state index contributed by atoms with van der Waals surface area (Å²) in [4.78, 5) is 27.7. The molecule has 5 nitrogen and oxygen atoms in total. The number of aromatic amines is 1. The van der Waals surface area contributed by atoms with Crippen molar-refractivity contribution in [1.82, 2.24) is 10.3 Å². The number of carbonyl (C=O) groups excluding carboxylic acids is 2. The molecule has 1 fully saturated rings. The third-order valence-electron chi connectivity index (χ3n) is 5.13. The molecule has 1 aliphatic carbocycles. The topological polar surface area (TPSA) is 71.2 Å². The van der Waals surface area contributed by atoms with Crippen LogP contribution < -0.4 is 5.32 Å². The number of fused-ring (bicyclic) bond motifs is 1. The van der Waals surface area contributed by atoms with E-state index in [2.05, 4.69) is 17.2 Å². The first-order valence-corrected chi connectivity index (χ1v) is 9.09. The number of amides is 1. The molecular formula is C20H26N2O3. The van der Waals surface area contributed by atoms with Gasteiger partial charge in [0.25, 0.3) is 5.91 Å². The maximum Gasteiger partial charge on any atom is 0.311 e. The van der Waals surface area contributed by atoms with Crippen LogP contribution in [0, 0.1) is 5.92 Å². The smallest absolute Gasteiger partial charge is 0.311 e. The van der Waals surface area contributed by atoms with Gasteiger partial charge in [0, 0.05) is 23.1 Å². The molecule has 0 bridgehead atoms. The first-order chi connectivity index (χ1) is 12.0. The fourth-order valence-electron chi connectivity index (χ4n) is 3.56. The predicted octanol–water partition coefficient (Wildman–Crippen LogP) is 3.34. The number of carbonyl (C=O) groups is 2. The number of hydrogen-bond acceptors (Lipinski definition) is 3. The second-order valence-corrected chi connectivity index (χ2v) is 7.05. The summed E-state index contributed by atoms with van der Waals surface area (Å²) in [6.45, 7) is 3.80. The van der Waals surface area contributed by atoms with E-state index in [-0.39, 0.29) is 24.3 Å². The SMILES string of the molecule is C[C@H](OC(=O)Cc1c[nH]c2ccccc12)C(=O)N[C@H]1CCCC[C@H]1C. The van der Waals surface area contributed by atoms with Gasteiger partial charge in [0.05, 0.1) is 6.42 Å². The Morgan fingerprint density at radius 2 is 2.04 bits per heavy atom. The second-order valence-electron chi connectivity index (χ2n) is 7.05. The lowest BCUT2D eigenvalue weighted by molar-refractivity contribution is -0.154. The van der Waals surface area contributed by atoms with Gasteiger partial charge < -0.3 is 15.0 Å². The van der Waals surface area contributed by atoms with Crippen LogP contribution in [0.2, 0.25) is 0 Å². The van der Waals surface area contributed by atoms with Crippen LogP contribution in [0.4, 0.5) is 0 Å². The van der Waals surface area contributed by atoms with Crippen LogP contribution in [-0.4, -0.2) is 29.0 Å². The largest absolute Gasteiger partial charge is 0.452 e. The second kappa shape index (κ2) is 7.72. The van der Waals surface area contributed by atoms with Gasteiger partial charge in [0.1, 0.15) is 0 Å². The highest BCUT2D eigenvalue weighted by atomic mass is 16.5. The van der Waals surface area contributed by atoms with Gasteiger partial charge in [-0.2, -0.15) is 0 Å². The van der Waals surface area contributed by atoms with Crippen molar-refractivity contribution < 1.29 is 14.3 Å². The number of hydrogen-bond donors (Lipinski definition) is 2. The average molecular weight is 342 g/mol. The van der Waals surface area contributed by atoms with Crippen molar-refractivity contribution in [3.8, 4) is 0 Å². The molecule has 3 atom stereocenters. The van der Waals surface area contributed by atoms with E-state index in [1.807, 2.05) is 30.5 Å². The highest BCUT2D eigenvalue weighted by Crippen LogP contribution is 2.24. The summed E-state index contributed by atoms with van der Waals surface area (Å²) in [5.41, 5.74) is 1.87. The standard InChI is InChI=1S/C20H26N2O3/c1-13-7-3-5-9-17(13)22-20(24)14(2)25-19(23)11-15-12-21-18-10-6-4-8-16(15)18/h4,6,8,10,12-14,17,21H,3,5,7,9,11H2,1-2H3,(H,22,24)/t13-,14+,17+/m1/s1.